The summed E-state index contributed by atoms with van der Waals surface area (Å²) in [5.41, 5.74) is 2.30. The van der Waals surface area contributed by atoms with Crippen LogP contribution in [0.5, 0.6) is 5.75 Å². The molecular weight excluding hydrogens is 354 g/mol. The largest absolute Gasteiger partial charge is 0.491 e. The Kier molecular flexibility index (Phi) is 4.39. The molecule has 0 N–H and O–H groups in total. The molecule has 136 valence electrons. The minimum Gasteiger partial charge on any atom is -0.491 e. The molecule has 2 aromatic carbocycles. The normalized spacial score (nSPS) is 18.0. The number of amides is 1. The molecular formula is C20H20ClNO4. The van der Waals surface area contributed by atoms with Gasteiger partial charge in [0.25, 0.3) is 11.7 Å². The van der Waals surface area contributed by atoms with Crippen LogP contribution in [0.3, 0.4) is 0 Å². The van der Waals surface area contributed by atoms with E-state index < -0.39 is 5.79 Å². The van der Waals surface area contributed by atoms with E-state index in [1.807, 2.05) is 50.2 Å². The summed E-state index contributed by atoms with van der Waals surface area (Å²) in [4.78, 5) is 14.8. The fraction of sp³-hybridized carbons (Fsp3) is 0.350. The van der Waals surface area contributed by atoms with Gasteiger partial charge in [0.1, 0.15) is 5.75 Å². The van der Waals surface area contributed by atoms with Crippen LogP contribution in [0.2, 0.25) is 5.02 Å². The third-order valence-electron chi connectivity index (χ3n) is 4.47. The Morgan fingerprint density at radius 3 is 2.50 bits per heavy atom. The monoisotopic (exact) mass is 373 g/mol. The van der Waals surface area contributed by atoms with Gasteiger partial charge >= 0.3 is 0 Å². The molecule has 6 heteroatoms. The Bertz CT molecular complexity index is 828. The molecule has 4 rings (SSSR count). The number of hydrogen-bond donors (Lipinski definition) is 0. The van der Waals surface area contributed by atoms with Gasteiger partial charge in [0.2, 0.25) is 0 Å². The maximum atomic E-state index is 13.1. The van der Waals surface area contributed by atoms with Crippen LogP contribution < -0.4 is 9.64 Å². The van der Waals surface area contributed by atoms with Crippen molar-refractivity contribution in [3.05, 3.63) is 58.6 Å². The average Bonchev–Trinajstić information content (AvgIpc) is 3.18. The smallest absolute Gasteiger partial charge is 0.292 e. The average molecular weight is 374 g/mol. The summed E-state index contributed by atoms with van der Waals surface area (Å²) in [6.45, 7) is 5.11. The molecule has 0 aliphatic carbocycles. The lowest BCUT2D eigenvalue weighted by molar-refractivity contribution is -0.180. The van der Waals surface area contributed by atoms with E-state index in [0.717, 1.165) is 11.3 Å². The number of hydrogen-bond acceptors (Lipinski definition) is 4. The van der Waals surface area contributed by atoms with Crippen LogP contribution in [0.15, 0.2) is 42.5 Å². The molecule has 1 fully saturated rings. The van der Waals surface area contributed by atoms with Gasteiger partial charge in [-0.15, -0.1) is 0 Å². The van der Waals surface area contributed by atoms with Crippen LogP contribution in [0.1, 0.15) is 25.0 Å². The number of halogens is 1. The summed E-state index contributed by atoms with van der Waals surface area (Å²) in [6.07, 6.45) is 0.114. The fourth-order valence-electron chi connectivity index (χ4n) is 3.42. The van der Waals surface area contributed by atoms with Gasteiger partial charge in [-0.25, -0.2) is 0 Å². The third-order valence-corrected chi connectivity index (χ3v) is 4.77. The van der Waals surface area contributed by atoms with Gasteiger partial charge in [-0.1, -0.05) is 35.9 Å². The van der Waals surface area contributed by atoms with E-state index in [1.165, 1.54) is 0 Å². The van der Waals surface area contributed by atoms with Gasteiger partial charge in [0, 0.05) is 5.56 Å². The number of fused-ring (bicyclic) bond motifs is 2. The molecule has 2 heterocycles. The van der Waals surface area contributed by atoms with Gasteiger partial charge in [0.05, 0.1) is 36.6 Å². The summed E-state index contributed by atoms with van der Waals surface area (Å²) in [6, 6.07) is 13.1. The van der Waals surface area contributed by atoms with E-state index in [0.29, 0.717) is 36.0 Å². The summed E-state index contributed by atoms with van der Waals surface area (Å²) in [5.74, 6) is -0.796. The molecule has 1 saturated heterocycles. The van der Waals surface area contributed by atoms with Crippen molar-refractivity contribution in [3.8, 4) is 5.75 Å². The molecule has 2 aliphatic heterocycles. The second kappa shape index (κ2) is 6.58. The van der Waals surface area contributed by atoms with Crippen molar-refractivity contribution in [1.29, 1.82) is 0 Å². The maximum Gasteiger partial charge on any atom is 0.292 e. The molecule has 0 saturated carbocycles. The predicted molar refractivity (Wildman–Crippen MR) is 98.4 cm³/mol. The lowest BCUT2D eigenvalue weighted by atomic mass is 10.1. The second-order valence-corrected chi connectivity index (χ2v) is 7.06. The second-order valence-electron chi connectivity index (χ2n) is 6.65. The van der Waals surface area contributed by atoms with E-state index in [2.05, 4.69) is 0 Å². The molecule has 0 aromatic heterocycles. The van der Waals surface area contributed by atoms with Crippen LogP contribution in [0.25, 0.3) is 0 Å². The van der Waals surface area contributed by atoms with Gasteiger partial charge < -0.3 is 19.1 Å². The van der Waals surface area contributed by atoms with Gasteiger partial charge in [-0.2, -0.15) is 0 Å². The van der Waals surface area contributed by atoms with E-state index in [4.69, 9.17) is 25.8 Å². The minimum absolute atomic E-state index is 0.114. The van der Waals surface area contributed by atoms with Crippen molar-refractivity contribution in [3.63, 3.8) is 0 Å². The number of ether oxygens (including phenoxy) is 3. The molecule has 1 amide bonds. The Morgan fingerprint density at radius 2 is 1.85 bits per heavy atom. The van der Waals surface area contributed by atoms with Crippen LogP contribution in [0.4, 0.5) is 5.69 Å². The van der Waals surface area contributed by atoms with Crippen molar-refractivity contribution in [1.82, 2.24) is 0 Å². The van der Waals surface area contributed by atoms with Crippen molar-refractivity contribution >= 4 is 23.2 Å². The Hall–Kier alpha value is -2.08. The molecule has 2 aromatic rings. The number of nitrogens with zero attached hydrogens (tertiary/aromatic N) is 1. The zero-order chi connectivity index (χ0) is 18.3. The zero-order valence-corrected chi connectivity index (χ0v) is 15.5. The molecule has 26 heavy (non-hydrogen) atoms. The maximum absolute atomic E-state index is 13.1. The van der Waals surface area contributed by atoms with Gasteiger partial charge in [0.15, 0.2) is 0 Å². The first kappa shape index (κ1) is 17.3. The van der Waals surface area contributed by atoms with Crippen molar-refractivity contribution in [2.75, 3.05) is 18.1 Å². The Morgan fingerprint density at radius 1 is 1.15 bits per heavy atom. The van der Waals surface area contributed by atoms with Crippen molar-refractivity contribution in [2.45, 2.75) is 32.3 Å². The predicted octanol–water partition coefficient (Wildman–Crippen LogP) is 3.87. The highest BCUT2D eigenvalue weighted by Gasteiger charge is 2.56. The lowest BCUT2D eigenvalue weighted by Gasteiger charge is -2.22. The summed E-state index contributed by atoms with van der Waals surface area (Å²) in [7, 11) is 0. The Balaban J connectivity index is 1.66. The quantitative estimate of drug-likeness (QED) is 0.816. The first-order chi connectivity index (χ1) is 12.5. The zero-order valence-electron chi connectivity index (χ0n) is 14.7. The number of carbonyl (C=O) groups excluding carboxylic acids is 1. The van der Waals surface area contributed by atoms with Crippen molar-refractivity contribution in [2.24, 2.45) is 0 Å². The van der Waals surface area contributed by atoms with Gasteiger partial charge in [-0.05, 0) is 37.6 Å². The van der Waals surface area contributed by atoms with Crippen LogP contribution >= 0.6 is 11.6 Å². The highest BCUT2D eigenvalue weighted by atomic mass is 35.5. The highest BCUT2D eigenvalue weighted by molar-refractivity contribution is 6.35. The summed E-state index contributed by atoms with van der Waals surface area (Å²) < 4.78 is 17.1. The van der Waals surface area contributed by atoms with Crippen LogP contribution in [0, 0.1) is 0 Å². The number of para-hydroxylation sites is 1. The van der Waals surface area contributed by atoms with Gasteiger partial charge in [-0.3, -0.25) is 4.79 Å². The number of rotatable bonds is 4. The summed E-state index contributed by atoms with van der Waals surface area (Å²) in [5, 5.41) is 0.506. The number of carbonyl (C=O) groups is 1. The van der Waals surface area contributed by atoms with Crippen molar-refractivity contribution < 1.29 is 19.0 Å². The molecule has 0 radical (unpaired) electrons. The van der Waals surface area contributed by atoms with Crippen LogP contribution in [-0.2, 0) is 26.6 Å². The van der Waals surface area contributed by atoms with E-state index in [1.54, 1.807) is 11.0 Å². The Labute approximate surface area is 157 Å². The first-order valence-corrected chi connectivity index (χ1v) is 9.03. The SMILES string of the molecule is CC(C)Oc1ccc(CN2C(=O)C3(OCCO3)c3cccc(Cl)c32)cc1. The molecule has 2 aliphatic rings. The summed E-state index contributed by atoms with van der Waals surface area (Å²) >= 11 is 6.42. The molecule has 0 atom stereocenters. The molecule has 5 nitrogen and oxygen atoms in total. The standard InChI is InChI=1S/C20H20ClNO4/c1-13(2)26-15-8-6-14(7-9-15)12-22-18-16(4-3-5-17(18)21)20(19(22)23)24-10-11-25-20/h3-9,13H,10-12H2,1-2H3. The first-order valence-electron chi connectivity index (χ1n) is 8.66. The molecule has 1 spiro atoms. The minimum atomic E-state index is -1.36. The topological polar surface area (TPSA) is 48.0 Å². The van der Waals surface area contributed by atoms with E-state index in [-0.39, 0.29) is 12.0 Å². The highest BCUT2D eigenvalue weighted by Crippen LogP contribution is 2.49. The number of benzene rings is 2. The third kappa shape index (κ3) is 2.76. The lowest BCUT2D eigenvalue weighted by Crippen LogP contribution is -2.40. The van der Waals surface area contributed by atoms with E-state index in [9.17, 15) is 4.79 Å². The fourth-order valence-corrected chi connectivity index (χ4v) is 3.70. The molecule has 0 unspecified atom stereocenters. The molecule has 0 bridgehead atoms. The van der Waals surface area contributed by atoms with E-state index >= 15 is 0 Å². The number of anilines is 1. The van der Waals surface area contributed by atoms with Crippen LogP contribution in [-0.4, -0.2) is 25.2 Å².